The Morgan fingerprint density at radius 2 is 2.00 bits per heavy atom. The Bertz CT molecular complexity index is 502. The molecule has 3 heteroatoms. The van der Waals surface area contributed by atoms with Gasteiger partial charge in [-0.1, -0.05) is 19.1 Å². The van der Waals surface area contributed by atoms with Gasteiger partial charge in [0.05, 0.1) is 11.0 Å². The van der Waals surface area contributed by atoms with Crippen molar-refractivity contribution in [2.24, 2.45) is 13.0 Å². The monoisotopic (exact) mass is 250 g/mol. The average Bonchev–Trinajstić information content (AvgIpc) is 2.55. The first-order chi connectivity index (χ1) is 8.08. The number of rotatable bonds is 4. The number of alkyl halides is 1. The van der Waals surface area contributed by atoms with Crippen LogP contribution in [-0.4, -0.2) is 14.9 Å². The maximum atomic E-state index is 6.03. The van der Waals surface area contributed by atoms with Gasteiger partial charge in [-0.2, -0.15) is 0 Å². The summed E-state index contributed by atoms with van der Waals surface area (Å²) in [6, 6.07) is 8.26. The van der Waals surface area contributed by atoms with Crippen LogP contribution in [0.25, 0.3) is 11.0 Å². The molecule has 92 valence electrons. The Hall–Kier alpha value is -1.02. The van der Waals surface area contributed by atoms with Gasteiger partial charge in [0.2, 0.25) is 0 Å². The lowest BCUT2D eigenvalue weighted by molar-refractivity contribution is 0.507. The summed E-state index contributed by atoms with van der Waals surface area (Å²) >= 11 is 6.03. The van der Waals surface area contributed by atoms with Gasteiger partial charge in [0.25, 0.3) is 0 Å². The molecule has 17 heavy (non-hydrogen) atoms. The predicted molar refractivity (Wildman–Crippen MR) is 73.5 cm³/mol. The van der Waals surface area contributed by atoms with Gasteiger partial charge in [-0.15, -0.1) is 11.6 Å². The molecule has 0 spiro atoms. The van der Waals surface area contributed by atoms with E-state index in [1.54, 1.807) is 0 Å². The molecule has 0 N–H and O–H groups in total. The summed E-state index contributed by atoms with van der Waals surface area (Å²) in [6.45, 7) is 4.28. The zero-order valence-electron chi connectivity index (χ0n) is 10.7. The summed E-state index contributed by atoms with van der Waals surface area (Å²) in [5.74, 6) is 1.72. The second-order valence-corrected chi connectivity index (χ2v) is 5.65. The number of benzene rings is 1. The lowest BCUT2D eigenvalue weighted by Crippen LogP contribution is -2.09. The molecular weight excluding hydrogens is 232 g/mol. The van der Waals surface area contributed by atoms with E-state index in [0.717, 1.165) is 24.2 Å². The average molecular weight is 251 g/mol. The van der Waals surface area contributed by atoms with Crippen LogP contribution in [0.15, 0.2) is 24.3 Å². The number of fused-ring (bicyclic) bond motifs is 1. The maximum absolute atomic E-state index is 6.03. The molecule has 0 fully saturated rings. The third-order valence-electron chi connectivity index (χ3n) is 3.14. The van der Waals surface area contributed by atoms with E-state index in [4.69, 9.17) is 11.6 Å². The molecule has 0 aliphatic heterocycles. The van der Waals surface area contributed by atoms with Gasteiger partial charge in [0.1, 0.15) is 5.82 Å². The zero-order chi connectivity index (χ0) is 12.4. The van der Waals surface area contributed by atoms with Crippen molar-refractivity contribution in [2.75, 3.05) is 0 Å². The number of nitrogens with zero attached hydrogens (tertiary/aromatic N) is 2. The number of imidazole rings is 1. The van der Waals surface area contributed by atoms with E-state index in [1.807, 2.05) is 13.0 Å². The molecule has 2 rings (SSSR count). The fourth-order valence-corrected chi connectivity index (χ4v) is 2.63. The minimum absolute atomic E-state index is 0.236. The number of hydrogen-bond acceptors (Lipinski definition) is 1. The quantitative estimate of drug-likeness (QED) is 0.756. The molecule has 1 aromatic carbocycles. The van der Waals surface area contributed by atoms with Gasteiger partial charge >= 0.3 is 0 Å². The van der Waals surface area contributed by atoms with Crippen LogP contribution < -0.4 is 0 Å². The highest BCUT2D eigenvalue weighted by atomic mass is 35.5. The zero-order valence-corrected chi connectivity index (χ0v) is 11.4. The van der Waals surface area contributed by atoms with Crippen LogP contribution in [0.5, 0.6) is 0 Å². The summed E-state index contributed by atoms with van der Waals surface area (Å²) in [6.07, 6.45) is 2.02. The molecule has 2 nitrogen and oxygen atoms in total. The van der Waals surface area contributed by atoms with Crippen molar-refractivity contribution in [1.29, 1.82) is 0 Å². The summed E-state index contributed by atoms with van der Waals surface area (Å²) in [5.41, 5.74) is 2.28. The number of aryl methyl sites for hydroxylation is 1. The first-order valence-electron chi connectivity index (χ1n) is 6.12. The molecule has 2 atom stereocenters. The highest BCUT2D eigenvalue weighted by Crippen LogP contribution is 2.19. The van der Waals surface area contributed by atoms with E-state index in [1.165, 1.54) is 5.52 Å². The van der Waals surface area contributed by atoms with Crippen molar-refractivity contribution in [1.82, 2.24) is 9.55 Å². The number of hydrogen-bond donors (Lipinski definition) is 0. The van der Waals surface area contributed by atoms with E-state index in [9.17, 15) is 0 Å². The Morgan fingerprint density at radius 3 is 2.65 bits per heavy atom. The van der Waals surface area contributed by atoms with Gasteiger partial charge < -0.3 is 4.57 Å². The summed E-state index contributed by atoms with van der Waals surface area (Å²) < 4.78 is 2.19. The van der Waals surface area contributed by atoms with Crippen LogP contribution in [-0.2, 0) is 13.5 Å². The molecule has 0 saturated carbocycles. The van der Waals surface area contributed by atoms with Crippen LogP contribution in [0.2, 0.25) is 0 Å². The standard InChI is InChI=1S/C14H19ClN2/c1-10(8-11(2)15)9-14-16-12-6-4-5-7-13(12)17(14)3/h4-7,10-11H,8-9H2,1-3H3. The second kappa shape index (κ2) is 5.09. The first-order valence-corrected chi connectivity index (χ1v) is 6.56. The van der Waals surface area contributed by atoms with Crippen LogP contribution in [0.1, 0.15) is 26.1 Å². The molecule has 1 aromatic heterocycles. The van der Waals surface area contributed by atoms with Gasteiger partial charge in [0, 0.05) is 18.8 Å². The Kier molecular flexibility index (Phi) is 3.72. The third-order valence-corrected chi connectivity index (χ3v) is 3.32. The van der Waals surface area contributed by atoms with Gasteiger partial charge in [0.15, 0.2) is 0 Å². The number of para-hydroxylation sites is 2. The summed E-state index contributed by atoms with van der Waals surface area (Å²) in [7, 11) is 2.08. The normalized spacial score (nSPS) is 15.1. The van der Waals surface area contributed by atoms with E-state index in [-0.39, 0.29) is 5.38 Å². The smallest absolute Gasteiger partial charge is 0.109 e. The van der Waals surface area contributed by atoms with Crippen LogP contribution in [0.4, 0.5) is 0 Å². The van der Waals surface area contributed by atoms with Gasteiger partial charge in [-0.25, -0.2) is 4.98 Å². The largest absolute Gasteiger partial charge is 0.331 e. The molecular formula is C14H19ClN2. The van der Waals surface area contributed by atoms with Crippen LogP contribution in [0.3, 0.4) is 0 Å². The molecule has 0 amide bonds. The van der Waals surface area contributed by atoms with E-state index < -0.39 is 0 Å². The fourth-order valence-electron chi connectivity index (χ4n) is 2.33. The highest BCUT2D eigenvalue weighted by molar-refractivity contribution is 6.20. The maximum Gasteiger partial charge on any atom is 0.109 e. The molecule has 0 saturated heterocycles. The lowest BCUT2D eigenvalue weighted by Gasteiger charge is -2.12. The van der Waals surface area contributed by atoms with Gasteiger partial charge in [-0.05, 0) is 31.4 Å². The molecule has 1 heterocycles. The highest BCUT2D eigenvalue weighted by Gasteiger charge is 2.12. The van der Waals surface area contributed by atoms with E-state index >= 15 is 0 Å². The topological polar surface area (TPSA) is 17.8 Å². The minimum Gasteiger partial charge on any atom is -0.331 e. The third kappa shape index (κ3) is 2.81. The van der Waals surface area contributed by atoms with Crippen molar-refractivity contribution in [3.05, 3.63) is 30.1 Å². The first kappa shape index (κ1) is 12.4. The van der Waals surface area contributed by atoms with Crippen LogP contribution >= 0.6 is 11.6 Å². The van der Waals surface area contributed by atoms with Crippen molar-refractivity contribution in [2.45, 2.75) is 32.1 Å². The summed E-state index contributed by atoms with van der Waals surface area (Å²) in [4.78, 5) is 4.68. The Morgan fingerprint density at radius 1 is 1.29 bits per heavy atom. The number of aromatic nitrogens is 2. The number of halogens is 1. The molecule has 2 unspecified atom stereocenters. The Balaban J connectivity index is 2.21. The van der Waals surface area contributed by atoms with Gasteiger partial charge in [-0.3, -0.25) is 0 Å². The molecule has 2 aromatic rings. The van der Waals surface area contributed by atoms with E-state index in [0.29, 0.717) is 5.92 Å². The second-order valence-electron chi connectivity index (χ2n) is 4.90. The minimum atomic E-state index is 0.236. The SMILES string of the molecule is CC(Cl)CC(C)Cc1nc2ccccc2n1C. The van der Waals surface area contributed by atoms with E-state index in [2.05, 4.69) is 41.7 Å². The molecule has 0 radical (unpaired) electrons. The molecule has 0 aliphatic carbocycles. The van der Waals surface area contributed by atoms with Crippen LogP contribution in [0, 0.1) is 5.92 Å². The van der Waals surface area contributed by atoms with Crippen molar-refractivity contribution in [3.63, 3.8) is 0 Å². The predicted octanol–water partition coefficient (Wildman–Crippen LogP) is 3.77. The fraction of sp³-hybridized carbons (Fsp3) is 0.500. The summed E-state index contributed by atoms with van der Waals surface area (Å²) in [5, 5.41) is 0.236. The Labute approximate surface area is 108 Å². The molecule has 0 bridgehead atoms. The molecule has 0 aliphatic rings. The van der Waals surface area contributed by atoms with Crippen molar-refractivity contribution in [3.8, 4) is 0 Å². The lowest BCUT2D eigenvalue weighted by atomic mass is 10.0. The van der Waals surface area contributed by atoms with Crippen molar-refractivity contribution >= 4 is 22.6 Å². The van der Waals surface area contributed by atoms with Crippen molar-refractivity contribution < 1.29 is 0 Å².